The predicted molar refractivity (Wildman–Crippen MR) is 70.1 cm³/mol. The quantitative estimate of drug-likeness (QED) is 0.830. The molecule has 0 radical (unpaired) electrons. The van der Waals surface area contributed by atoms with Gasteiger partial charge in [0.1, 0.15) is 0 Å². The minimum absolute atomic E-state index is 0.122. The van der Waals surface area contributed by atoms with Gasteiger partial charge in [-0.15, -0.1) is 0 Å². The molecule has 2 N–H and O–H groups in total. The SMILES string of the molecule is CCO[C@H]1CN(Cc2ccc(C(=O)O)cc2)C[C@@H]1O. The number of rotatable bonds is 5. The normalized spacial score (nSPS) is 23.7. The zero-order valence-electron chi connectivity index (χ0n) is 11.0. The van der Waals surface area contributed by atoms with E-state index in [0.717, 1.165) is 5.56 Å². The summed E-state index contributed by atoms with van der Waals surface area (Å²) in [5.74, 6) is -0.917. The van der Waals surface area contributed by atoms with Crippen LogP contribution in [-0.4, -0.2) is 53.0 Å². The van der Waals surface area contributed by atoms with E-state index in [4.69, 9.17) is 9.84 Å². The van der Waals surface area contributed by atoms with Crippen molar-refractivity contribution in [3.05, 3.63) is 35.4 Å². The van der Waals surface area contributed by atoms with Crippen molar-refractivity contribution in [3.63, 3.8) is 0 Å². The molecule has 0 aliphatic carbocycles. The molecule has 0 saturated carbocycles. The Kier molecular flexibility index (Phi) is 4.52. The highest BCUT2D eigenvalue weighted by Gasteiger charge is 2.31. The predicted octanol–water partition coefficient (Wildman–Crippen LogP) is 0.966. The van der Waals surface area contributed by atoms with E-state index in [-0.39, 0.29) is 11.7 Å². The Balaban J connectivity index is 1.93. The van der Waals surface area contributed by atoms with Gasteiger partial charge in [0, 0.05) is 26.2 Å². The second kappa shape index (κ2) is 6.14. The first kappa shape index (κ1) is 14.0. The fraction of sp³-hybridized carbons (Fsp3) is 0.500. The summed E-state index contributed by atoms with van der Waals surface area (Å²) in [7, 11) is 0. The Morgan fingerprint density at radius 1 is 1.37 bits per heavy atom. The van der Waals surface area contributed by atoms with Crippen molar-refractivity contribution in [3.8, 4) is 0 Å². The summed E-state index contributed by atoms with van der Waals surface area (Å²) < 4.78 is 5.46. The van der Waals surface area contributed by atoms with E-state index < -0.39 is 12.1 Å². The number of hydrogen-bond donors (Lipinski definition) is 2. The van der Waals surface area contributed by atoms with Crippen molar-refractivity contribution in [2.24, 2.45) is 0 Å². The number of ether oxygens (including phenoxy) is 1. The van der Waals surface area contributed by atoms with Crippen LogP contribution < -0.4 is 0 Å². The Hall–Kier alpha value is -1.43. The fourth-order valence-electron chi connectivity index (χ4n) is 2.35. The van der Waals surface area contributed by atoms with Gasteiger partial charge in [-0.3, -0.25) is 4.90 Å². The minimum Gasteiger partial charge on any atom is -0.478 e. The molecule has 0 unspecified atom stereocenters. The van der Waals surface area contributed by atoms with Crippen LogP contribution in [0, 0.1) is 0 Å². The summed E-state index contributed by atoms with van der Waals surface area (Å²) in [6, 6.07) is 6.82. The molecule has 104 valence electrons. The van der Waals surface area contributed by atoms with Crippen LogP contribution in [0.1, 0.15) is 22.8 Å². The number of hydrogen-bond acceptors (Lipinski definition) is 4. The summed E-state index contributed by atoms with van der Waals surface area (Å²) in [6.45, 7) is 4.50. The molecule has 1 saturated heterocycles. The van der Waals surface area contributed by atoms with E-state index in [1.54, 1.807) is 12.1 Å². The molecule has 5 nitrogen and oxygen atoms in total. The molecule has 0 spiro atoms. The zero-order chi connectivity index (χ0) is 13.8. The van der Waals surface area contributed by atoms with Crippen molar-refractivity contribution in [2.75, 3.05) is 19.7 Å². The van der Waals surface area contributed by atoms with Gasteiger partial charge in [-0.25, -0.2) is 4.79 Å². The van der Waals surface area contributed by atoms with Gasteiger partial charge in [0.15, 0.2) is 0 Å². The molecule has 19 heavy (non-hydrogen) atoms. The number of benzene rings is 1. The Labute approximate surface area is 112 Å². The van der Waals surface area contributed by atoms with E-state index in [2.05, 4.69) is 4.90 Å². The maximum Gasteiger partial charge on any atom is 0.335 e. The van der Waals surface area contributed by atoms with Crippen LogP contribution in [0.2, 0.25) is 0 Å². The number of β-amino-alcohol motifs (C(OH)–C–C–N with tert-alkyl or cyclic N) is 1. The molecule has 1 aromatic rings. The largest absolute Gasteiger partial charge is 0.478 e. The highest BCUT2D eigenvalue weighted by Crippen LogP contribution is 2.17. The van der Waals surface area contributed by atoms with Gasteiger partial charge in [-0.2, -0.15) is 0 Å². The van der Waals surface area contributed by atoms with Gasteiger partial charge in [-0.05, 0) is 24.6 Å². The first-order valence-corrected chi connectivity index (χ1v) is 6.44. The van der Waals surface area contributed by atoms with Crippen molar-refractivity contribution in [1.29, 1.82) is 0 Å². The Morgan fingerprint density at radius 3 is 2.63 bits per heavy atom. The molecular weight excluding hydrogens is 246 g/mol. The summed E-state index contributed by atoms with van der Waals surface area (Å²) in [6.07, 6.45) is -0.568. The van der Waals surface area contributed by atoms with Crippen LogP contribution in [0.3, 0.4) is 0 Å². The lowest BCUT2D eigenvalue weighted by molar-refractivity contribution is -0.00245. The van der Waals surface area contributed by atoms with Crippen LogP contribution in [0.5, 0.6) is 0 Å². The maximum absolute atomic E-state index is 10.8. The van der Waals surface area contributed by atoms with Crippen molar-refractivity contribution >= 4 is 5.97 Å². The lowest BCUT2D eigenvalue weighted by Crippen LogP contribution is -2.26. The third kappa shape index (κ3) is 3.53. The van der Waals surface area contributed by atoms with E-state index in [9.17, 15) is 9.90 Å². The number of carbonyl (C=O) groups is 1. The number of likely N-dealkylation sites (tertiary alicyclic amines) is 1. The first-order chi connectivity index (χ1) is 9.10. The lowest BCUT2D eigenvalue weighted by Gasteiger charge is -2.15. The molecule has 2 rings (SSSR count). The smallest absolute Gasteiger partial charge is 0.335 e. The summed E-state index contributed by atoms with van der Waals surface area (Å²) in [5, 5.41) is 18.7. The maximum atomic E-state index is 10.8. The van der Waals surface area contributed by atoms with Gasteiger partial charge >= 0.3 is 5.97 Å². The highest BCUT2D eigenvalue weighted by molar-refractivity contribution is 5.87. The monoisotopic (exact) mass is 265 g/mol. The fourth-order valence-corrected chi connectivity index (χ4v) is 2.35. The second-order valence-electron chi connectivity index (χ2n) is 4.76. The number of carboxylic acids is 1. The Morgan fingerprint density at radius 2 is 2.05 bits per heavy atom. The van der Waals surface area contributed by atoms with Gasteiger partial charge < -0.3 is 14.9 Å². The average molecular weight is 265 g/mol. The number of carboxylic acid groups (broad SMARTS) is 1. The van der Waals surface area contributed by atoms with Crippen LogP contribution in [0.15, 0.2) is 24.3 Å². The van der Waals surface area contributed by atoms with E-state index in [1.807, 2.05) is 19.1 Å². The topological polar surface area (TPSA) is 70.0 Å². The average Bonchev–Trinajstić information content (AvgIpc) is 2.71. The molecule has 0 aromatic heterocycles. The number of aliphatic hydroxyl groups excluding tert-OH is 1. The second-order valence-corrected chi connectivity index (χ2v) is 4.76. The summed E-state index contributed by atoms with van der Waals surface area (Å²) >= 11 is 0. The molecule has 1 aliphatic heterocycles. The molecule has 0 amide bonds. The molecule has 1 aliphatic rings. The molecule has 1 heterocycles. The molecule has 1 aromatic carbocycles. The van der Waals surface area contributed by atoms with Crippen molar-refractivity contribution in [2.45, 2.75) is 25.7 Å². The van der Waals surface area contributed by atoms with E-state index >= 15 is 0 Å². The van der Waals surface area contributed by atoms with Crippen molar-refractivity contribution < 1.29 is 19.7 Å². The standard InChI is InChI=1S/C14H19NO4/c1-2-19-13-9-15(8-12(13)16)7-10-3-5-11(6-4-10)14(17)18/h3-6,12-13,16H,2,7-9H2,1H3,(H,17,18)/t12-,13-/m0/s1. The molecule has 1 fully saturated rings. The van der Waals surface area contributed by atoms with E-state index in [1.165, 1.54) is 0 Å². The molecule has 5 heteroatoms. The number of aromatic carboxylic acids is 1. The molecular formula is C14H19NO4. The zero-order valence-corrected chi connectivity index (χ0v) is 11.0. The minimum atomic E-state index is -0.917. The van der Waals surface area contributed by atoms with Gasteiger partial charge in [0.05, 0.1) is 17.8 Å². The Bertz CT molecular complexity index is 432. The number of nitrogens with zero attached hydrogens (tertiary/aromatic N) is 1. The van der Waals surface area contributed by atoms with Gasteiger partial charge in [0.2, 0.25) is 0 Å². The lowest BCUT2D eigenvalue weighted by atomic mass is 10.1. The van der Waals surface area contributed by atoms with Crippen LogP contribution in [-0.2, 0) is 11.3 Å². The molecule has 0 bridgehead atoms. The summed E-state index contributed by atoms with van der Waals surface area (Å²) in [4.78, 5) is 12.9. The van der Waals surface area contributed by atoms with Gasteiger partial charge in [-0.1, -0.05) is 12.1 Å². The third-order valence-electron chi connectivity index (χ3n) is 3.30. The van der Waals surface area contributed by atoms with Crippen LogP contribution in [0.25, 0.3) is 0 Å². The first-order valence-electron chi connectivity index (χ1n) is 6.44. The van der Waals surface area contributed by atoms with Gasteiger partial charge in [0.25, 0.3) is 0 Å². The third-order valence-corrected chi connectivity index (χ3v) is 3.30. The van der Waals surface area contributed by atoms with Crippen LogP contribution >= 0.6 is 0 Å². The van der Waals surface area contributed by atoms with Crippen molar-refractivity contribution in [1.82, 2.24) is 4.90 Å². The summed E-state index contributed by atoms with van der Waals surface area (Å²) in [5.41, 5.74) is 1.33. The number of aliphatic hydroxyl groups is 1. The van der Waals surface area contributed by atoms with E-state index in [0.29, 0.717) is 26.2 Å². The highest BCUT2D eigenvalue weighted by atomic mass is 16.5. The molecule has 2 atom stereocenters. The van der Waals surface area contributed by atoms with Crippen LogP contribution in [0.4, 0.5) is 0 Å².